The molecule has 0 aliphatic carbocycles. The highest BCUT2D eigenvalue weighted by molar-refractivity contribution is 7.15. The number of anilines is 1. The summed E-state index contributed by atoms with van der Waals surface area (Å²) in [4.78, 5) is 12.2. The Balaban J connectivity index is 1.87. The van der Waals surface area contributed by atoms with E-state index in [1.165, 1.54) is 11.3 Å². The molecule has 0 radical (unpaired) electrons. The summed E-state index contributed by atoms with van der Waals surface area (Å²) in [5, 5.41) is 28.5. The molecule has 8 heteroatoms. The van der Waals surface area contributed by atoms with Crippen molar-refractivity contribution in [2.75, 3.05) is 5.32 Å². The Labute approximate surface area is 136 Å². The molecule has 1 aromatic carbocycles. The summed E-state index contributed by atoms with van der Waals surface area (Å²) >= 11 is 1.29. The molecule has 0 unspecified atom stereocenters. The van der Waals surface area contributed by atoms with Gasteiger partial charge in [0.05, 0.1) is 5.69 Å². The van der Waals surface area contributed by atoms with E-state index in [1.54, 1.807) is 12.1 Å². The van der Waals surface area contributed by atoms with Gasteiger partial charge in [0, 0.05) is 5.56 Å². The van der Waals surface area contributed by atoms with Crippen molar-refractivity contribution in [2.24, 2.45) is 0 Å². The van der Waals surface area contributed by atoms with Gasteiger partial charge in [-0.2, -0.15) is 5.10 Å². The maximum Gasteiger partial charge on any atom is 0.275 e. The number of rotatable bonds is 3. The van der Waals surface area contributed by atoms with Crippen LogP contribution in [0.3, 0.4) is 0 Å². The van der Waals surface area contributed by atoms with Crippen molar-refractivity contribution in [1.82, 2.24) is 20.4 Å². The molecular weight excluding hydrogens is 314 g/mol. The Morgan fingerprint density at radius 3 is 2.65 bits per heavy atom. The summed E-state index contributed by atoms with van der Waals surface area (Å²) in [7, 11) is 0. The number of carbonyl (C=O) groups excluding carboxylic acids is 1. The number of amides is 1. The highest BCUT2D eigenvalue weighted by atomic mass is 32.1. The van der Waals surface area contributed by atoms with Crippen LogP contribution in [0.4, 0.5) is 5.13 Å². The molecule has 23 heavy (non-hydrogen) atoms. The van der Waals surface area contributed by atoms with Crippen molar-refractivity contribution in [2.45, 2.75) is 20.8 Å². The normalized spacial score (nSPS) is 10.7. The van der Waals surface area contributed by atoms with Gasteiger partial charge < -0.3 is 5.11 Å². The molecule has 0 bridgehead atoms. The first-order chi connectivity index (χ1) is 10.9. The minimum atomic E-state index is -0.357. The summed E-state index contributed by atoms with van der Waals surface area (Å²) < 4.78 is 0. The zero-order chi connectivity index (χ0) is 16.6. The summed E-state index contributed by atoms with van der Waals surface area (Å²) in [6, 6.07) is 5.22. The second-order valence-corrected chi connectivity index (χ2v) is 6.40. The largest absolute Gasteiger partial charge is 0.507 e. The number of phenolic OH excluding ortho intramolecular Hbond substituents is 1. The van der Waals surface area contributed by atoms with Crippen LogP contribution in [0.25, 0.3) is 11.3 Å². The van der Waals surface area contributed by atoms with Gasteiger partial charge in [-0.25, -0.2) is 0 Å². The summed E-state index contributed by atoms with van der Waals surface area (Å²) in [6.07, 6.45) is 0. The summed E-state index contributed by atoms with van der Waals surface area (Å²) in [6.45, 7) is 5.61. The number of aromatic amines is 1. The van der Waals surface area contributed by atoms with Crippen LogP contribution in [0.15, 0.2) is 18.2 Å². The first kappa shape index (κ1) is 15.2. The molecule has 0 spiro atoms. The van der Waals surface area contributed by atoms with Crippen LogP contribution >= 0.6 is 11.3 Å². The van der Waals surface area contributed by atoms with E-state index < -0.39 is 0 Å². The van der Waals surface area contributed by atoms with E-state index in [1.807, 2.05) is 26.8 Å². The van der Waals surface area contributed by atoms with Crippen LogP contribution in [-0.2, 0) is 0 Å². The van der Waals surface area contributed by atoms with Crippen LogP contribution < -0.4 is 5.32 Å². The predicted molar refractivity (Wildman–Crippen MR) is 87.8 cm³/mol. The fourth-order valence-electron chi connectivity index (χ4n) is 2.36. The molecule has 3 aromatic rings. The lowest BCUT2D eigenvalue weighted by Gasteiger charge is -2.06. The van der Waals surface area contributed by atoms with Gasteiger partial charge in [-0.15, -0.1) is 10.2 Å². The molecule has 3 N–H and O–H groups in total. The third-order valence-electron chi connectivity index (χ3n) is 3.28. The van der Waals surface area contributed by atoms with E-state index in [9.17, 15) is 9.90 Å². The molecular formula is C15H15N5O2S. The fourth-order valence-corrected chi connectivity index (χ4v) is 2.94. The van der Waals surface area contributed by atoms with Crippen LogP contribution in [0.5, 0.6) is 5.75 Å². The van der Waals surface area contributed by atoms with Gasteiger partial charge in [-0.1, -0.05) is 17.4 Å². The third kappa shape index (κ3) is 3.07. The van der Waals surface area contributed by atoms with E-state index in [4.69, 9.17) is 0 Å². The standard InChI is InChI=1S/C15H15N5O2S/c1-7-4-8(2)13(12(21)5-7)10-6-11(19-18-10)14(22)16-15-20-17-9(3)23-15/h4-6,21H,1-3H3,(H,18,19)(H,16,20,22). The molecule has 3 rings (SSSR count). The number of nitrogens with zero attached hydrogens (tertiary/aromatic N) is 3. The molecule has 1 amide bonds. The average molecular weight is 329 g/mol. The molecule has 7 nitrogen and oxygen atoms in total. The molecule has 0 saturated carbocycles. The maximum absolute atomic E-state index is 12.2. The van der Waals surface area contributed by atoms with Gasteiger partial charge in [0.25, 0.3) is 5.91 Å². The molecule has 2 heterocycles. The number of benzene rings is 1. The molecule has 0 fully saturated rings. The van der Waals surface area contributed by atoms with Gasteiger partial charge in [0.1, 0.15) is 16.5 Å². The zero-order valence-corrected chi connectivity index (χ0v) is 13.7. The zero-order valence-electron chi connectivity index (χ0n) is 12.8. The van der Waals surface area contributed by atoms with Crippen LogP contribution in [0.2, 0.25) is 0 Å². The quantitative estimate of drug-likeness (QED) is 0.685. The molecule has 0 atom stereocenters. The van der Waals surface area contributed by atoms with E-state index in [0.717, 1.165) is 16.1 Å². The van der Waals surface area contributed by atoms with Crippen molar-refractivity contribution in [3.8, 4) is 17.0 Å². The fraction of sp³-hybridized carbons (Fsp3) is 0.200. The lowest BCUT2D eigenvalue weighted by molar-refractivity contribution is 0.102. The van der Waals surface area contributed by atoms with E-state index in [0.29, 0.717) is 16.4 Å². The second-order valence-electron chi connectivity index (χ2n) is 5.22. The van der Waals surface area contributed by atoms with Crippen molar-refractivity contribution in [3.05, 3.63) is 40.0 Å². The number of H-pyrrole nitrogens is 1. The van der Waals surface area contributed by atoms with Crippen molar-refractivity contribution in [1.29, 1.82) is 0 Å². The topological polar surface area (TPSA) is 104 Å². The Bertz CT molecular complexity index is 861. The Kier molecular flexibility index (Phi) is 3.83. The number of aromatic hydroxyl groups is 1. The average Bonchev–Trinajstić information content (AvgIpc) is 3.07. The molecule has 118 valence electrons. The highest BCUT2D eigenvalue weighted by Crippen LogP contribution is 2.32. The Morgan fingerprint density at radius 1 is 1.22 bits per heavy atom. The predicted octanol–water partition coefficient (Wildman–Crippen LogP) is 2.81. The SMILES string of the molecule is Cc1cc(C)c(-c2cc(C(=O)Nc3nnc(C)s3)[nH]n2)c(O)c1. The molecule has 2 aromatic heterocycles. The van der Waals surface area contributed by atoms with Crippen molar-refractivity contribution >= 4 is 22.4 Å². The molecule has 0 aliphatic rings. The van der Waals surface area contributed by atoms with Gasteiger partial charge in [0.15, 0.2) is 0 Å². The smallest absolute Gasteiger partial charge is 0.275 e. The molecule has 0 aliphatic heterocycles. The van der Waals surface area contributed by atoms with Gasteiger partial charge in [-0.3, -0.25) is 15.2 Å². The molecule has 0 saturated heterocycles. The summed E-state index contributed by atoms with van der Waals surface area (Å²) in [5.41, 5.74) is 3.26. The van der Waals surface area contributed by atoms with Gasteiger partial charge >= 0.3 is 0 Å². The van der Waals surface area contributed by atoms with Crippen LogP contribution in [0, 0.1) is 20.8 Å². The van der Waals surface area contributed by atoms with Crippen LogP contribution in [-0.4, -0.2) is 31.4 Å². The van der Waals surface area contributed by atoms with Crippen LogP contribution in [0.1, 0.15) is 26.6 Å². The van der Waals surface area contributed by atoms with E-state index >= 15 is 0 Å². The summed E-state index contributed by atoms with van der Waals surface area (Å²) in [5.74, 6) is -0.218. The lowest BCUT2D eigenvalue weighted by atomic mass is 10.0. The van der Waals surface area contributed by atoms with Crippen molar-refractivity contribution < 1.29 is 9.90 Å². The Morgan fingerprint density at radius 2 is 2.00 bits per heavy atom. The first-order valence-electron chi connectivity index (χ1n) is 6.91. The maximum atomic E-state index is 12.2. The number of phenols is 1. The first-order valence-corrected chi connectivity index (χ1v) is 7.73. The second kappa shape index (κ2) is 5.81. The number of aromatic nitrogens is 4. The van der Waals surface area contributed by atoms with Gasteiger partial charge in [-0.05, 0) is 44.0 Å². The van der Waals surface area contributed by atoms with E-state index in [2.05, 4.69) is 25.7 Å². The van der Waals surface area contributed by atoms with Crippen molar-refractivity contribution in [3.63, 3.8) is 0 Å². The number of nitrogens with one attached hydrogen (secondary N) is 2. The van der Waals surface area contributed by atoms with Gasteiger partial charge in [0.2, 0.25) is 5.13 Å². The minimum Gasteiger partial charge on any atom is -0.507 e. The third-order valence-corrected chi connectivity index (χ3v) is 4.04. The number of hydrogen-bond donors (Lipinski definition) is 3. The number of aryl methyl sites for hydroxylation is 3. The minimum absolute atomic E-state index is 0.140. The number of carbonyl (C=O) groups is 1. The lowest BCUT2D eigenvalue weighted by Crippen LogP contribution is -2.12. The van der Waals surface area contributed by atoms with E-state index in [-0.39, 0.29) is 17.4 Å². The number of hydrogen-bond acceptors (Lipinski definition) is 6. The monoisotopic (exact) mass is 329 g/mol. The Hall–Kier alpha value is -2.74. The highest BCUT2D eigenvalue weighted by Gasteiger charge is 2.16.